The highest BCUT2D eigenvalue weighted by Gasteiger charge is 2.54. The van der Waals surface area contributed by atoms with Crippen molar-refractivity contribution in [1.29, 1.82) is 0 Å². The fraction of sp³-hybridized carbons (Fsp3) is 0.750. The quantitative estimate of drug-likeness (QED) is 0.887. The van der Waals surface area contributed by atoms with E-state index in [0.29, 0.717) is 5.13 Å². The van der Waals surface area contributed by atoms with Crippen LogP contribution in [0.5, 0.6) is 0 Å². The number of carbonyl (C=O) groups excluding carboxylic acids is 1. The van der Waals surface area contributed by atoms with Crippen LogP contribution in [0.3, 0.4) is 0 Å². The second-order valence-electron chi connectivity index (χ2n) is 5.20. The molecule has 0 unspecified atom stereocenters. The summed E-state index contributed by atoms with van der Waals surface area (Å²) in [4.78, 5) is 13.2. The molecule has 0 atom stereocenters. The standard InChI is InChI=1S/C12H17F3N4O2S/c1-2-3-8-17-18-9(22-8)16-10(20)19-6-4-11(21,5-7-19)12(13,14)15/h21H,2-7H2,1H3,(H,16,18,20). The summed E-state index contributed by atoms with van der Waals surface area (Å²) in [5, 5.41) is 20.9. The Morgan fingerprint density at radius 3 is 2.59 bits per heavy atom. The third-order valence-corrected chi connectivity index (χ3v) is 4.45. The number of piperidine rings is 1. The molecule has 0 radical (unpaired) electrons. The lowest BCUT2D eigenvalue weighted by atomic mass is 9.91. The van der Waals surface area contributed by atoms with Gasteiger partial charge in [-0.3, -0.25) is 5.32 Å². The zero-order valence-electron chi connectivity index (χ0n) is 12.0. The number of halogens is 3. The van der Waals surface area contributed by atoms with Gasteiger partial charge in [0.1, 0.15) is 5.01 Å². The van der Waals surface area contributed by atoms with Crippen molar-refractivity contribution in [3.05, 3.63) is 5.01 Å². The number of hydrogen-bond acceptors (Lipinski definition) is 5. The van der Waals surface area contributed by atoms with Crippen LogP contribution in [0, 0.1) is 0 Å². The molecule has 0 bridgehead atoms. The lowest BCUT2D eigenvalue weighted by molar-refractivity contribution is -0.271. The molecule has 0 aromatic carbocycles. The number of rotatable bonds is 3. The van der Waals surface area contributed by atoms with E-state index in [4.69, 9.17) is 0 Å². The van der Waals surface area contributed by atoms with Crippen molar-refractivity contribution in [2.75, 3.05) is 18.4 Å². The second-order valence-corrected chi connectivity index (χ2v) is 6.26. The molecular weight excluding hydrogens is 321 g/mol. The minimum Gasteiger partial charge on any atom is -0.380 e. The number of aryl methyl sites for hydroxylation is 1. The van der Waals surface area contributed by atoms with Crippen molar-refractivity contribution in [3.63, 3.8) is 0 Å². The van der Waals surface area contributed by atoms with E-state index in [9.17, 15) is 23.1 Å². The van der Waals surface area contributed by atoms with Gasteiger partial charge >= 0.3 is 12.2 Å². The second kappa shape index (κ2) is 6.37. The third-order valence-electron chi connectivity index (χ3n) is 3.55. The summed E-state index contributed by atoms with van der Waals surface area (Å²) in [5.41, 5.74) is -2.71. The molecule has 10 heteroatoms. The lowest BCUT2D eigenvalue weighted by Crippen LogP contribution is -2.55. The highest BCUT2D eigenvalue weighted by Crippen LogP contribution is 2.38. The highest BCUT2D eigenvalue weighted by atomic mass is 32.1. The van der Waals surface area contributed by atoms with Crippen molar-refractivity contribution in [2.24, 2.45) is 0 Å². The minimum absolute atomic E-state index is 0.164. The predicted molar refractivity (Wildman–Crippen MR) is 74.7 cm³/mol. The summed E-state index contributed by atoms with van der Waals surface area (Å²) in [6.07, 6.45) is -4.06. The molecule has 2 N–H and O–H groups in total. The molecular formula is C12H17F3N4O2S. The maximum Gasteiger partial charge on any atom is 0.417 e. The first-order chi connectivity index (χ1) is 10.2. The first-order valence-electron chi connectivity index (χ1n) is 6.92. The van der Waals surface area contributed by atoms with Crippen LogP contribution >= 0.6 is 11.3 Å². The van der Waals surface area contributed by atoms with Gasteiger partial charge < -0.3 is 10.0 Å². The summed E-state index contributed by atoms with van der Waals surface area (Å²) in [6, 6.07) is -0.525. The monoisotopic (exact) mass is 338 g/mol. The van der Waals surface area contributed by atoms with Gasteiger partial charge in [0, 0.05) is 32.4 Å². The summed E-state index contributed by atoms with van der Waals surface area (Å²) in [5.74, 6) is 0. The number of carbonyl (C=O) groups is 1. The van der Waals surface area contributed by atoms with Gasteiger partial charge in [-0.25, -0.2) is 4.79 Å². The molecule has 1 aliphatic heterocycles. The van der Waals surface area contributed by atoms with Crippen molar-refractivity contribution in [2.45, 2.75) is 44.4 Å². The SMILES string of the molecule is CCCc1nnc(NC(=O)N2CCC(O)(C(F)(F)F)CC2)s1. The van der Waals surface area contributed by atoms with Crippen LogP contribution in [-0.4, -0.2) is 51.1 Å². The Hall–Kier alpha value is -1.42. The van der Waals surface area contributed by atoms with Crippen LogP contribution in [-0.2, 0) is 6.42 Å². The molecule has 0 saturated carbocycles. The Morgan fingerprint density at radius 1 is 1.41 bits per heavy atom. The predicted octanol–water partition coefficient (Wildman–Crippen LogP) is 2.41. The molecule has 1 saturated heterocycles. The number of hydrogen-bond donors (Lipinski definition) is 2. The summed E-state index contributed by atoms with van der Waals surface area (Å²) >= 11 is 1.24. The largest absolute Gasteiger partial charge is 0.417 e. The Labute approximate surface area is 129 Å². The Morgan fingerprint density at radius 2 is 2.05 bits per heavy atom. The van der Waals surface area contributed by atoms with Gasteiger partial charge in [0.05, 0.1) is 0 Å². The van der Waals surface area contributed by atoms with Crippen molar-refractivity contribution in [3.8, 4) is 0 Å². The van der Waals surface area contributed by atoms with E-state index < -0.39 is 30.7 Å². The fourth-order valence-electron chi connectivity index (χ4n) is 2.15. The molecule has 2 rings (SSSR count). The number of alkyl halides is 3. The first kappa shape index (κ1) is 16.9. The van der Waals surface area contributed by atoms with Crippen LogP contribution in [0.15, 0.2) is 0 Å². The number of aromatic nitrogens is 2. The zero-order valence-corrected chi connectivity index (χ0v) is 12.8. The molecule has 1 fully saturated rings. The molecule has 2 heterocycles. The molecule has 0 spiro atoms. The molecule has 1 aliphatic rings. The maximum absolute atomic E-state index is 12.7. The zero-order chi connectivity index (χ0) is 16.4. The van der Waals surface area contributed by atoms with E-state index in [1.165, 1.54) is 16.2 Å². The number of anilines is 1. The Balaban J connectivity index is 1.89. The number of likely N-dealkylation sites (tertiary alicyclic amines) is 1. The van der Waals surface area contributed by atoms with Crippen LogP contribution in [0.2, 0.25) is 0 Å². The fourth-order valence-corrected chi connectivity index (χ4v) is 2.98. The van der Waals surface area contributed by atoms with E-state index in [1.54, 1.807) is 0 Å². The molecule has 22 heavy (non-hydrogen) atoms. The van der Waals surface area contributed by atoms with E-state index >= 15 is 0 Å². The Bertz CT molecular complexity index is 527. The van der Waals surface area contributed by atoms with Gasteiger partial charge in [-0.1, -0.05) is 18.3 Å². The Kier molecular flexibility index (Phi) is 4.90. The van der Waals surface area contributed by atoms with Gasteiger partial charge in [-0.05, 0) is 6.42 Å². The van der Waals surface area contributed by atoms with Gasteiger partial charge in [0.2, 0.25) is 5.13 Å². The van der Waals surface area contributed by atoms with Gasteiger partial charge in [0.15, 0.2) is 5.60 Å². The number of urea groups is 1. The summed E-state index contributed by atoms with van der Waals surface area (Å²) < 4.78 is 38.1. The molecule has 0 aliphatic carbocycles. The van der Waals surface area contributed by atoms with Crippen LogP contribution < -0.4 is 5.32 Å². The normalized spacial score (nSPS) is 18.3. The van der Waals surface area contributed by atoms with Crippen molar-refractivity contribution < 1.29 is 23.1 Å². The summed E-state index contributed by atoms with van der Waals surface area (Å²) in [7, 11) is 0. The number of amides is 2. The molecule has 2 amide bonds. The molecule has 6 nitrogen and oxygen atoms in total. The highest BCUT2D eigenvalue weighted by molar-refractivity contribution is 7.15. The van der Waals surface area contributed by atoms with Gasteiger partial charge in [-0.2, -0.15) is 13.2 Å². The van der Waals surface area contributed by atoms with Crippen molar-refractivity contribution in [1.82, 2.24) is 15.1 Å². The summed E-state index contributed by atoms with van der Waals surface area (Å²) in [6.45, 7) is 1.67. The minimum atomic E-state index is -4.68. The smallest absolute Gasteiger partial charge is 0.380 e. The third kappa shape index (κ3) is 3.67. The van der Waals surface area contributed by atoms with Gasteiger partial charge in [0.25, 0.3) is 0 Å². The molecule has 1 aromatic heterocycles. The van der Waals surface area contributed by atoms with Crippen LogP contribution in [0.25, 0.3) is 0 Å². The van der Waals surface area contributed by atoms with Gasteiger partial charge in [-0.15, -0.1) is 10.2 Å². The average molecular weight is 338 g/mol. The van der Waals surface area contributed by atoms with E-state index in [1.807, 2.05) is 6.92 Å². The lowest BCUT2D eigenvalue weighted by Gasteiger charge is -2.38. The first-order valence-corrected chi connectivity index (χ1v) is 7.74. The number of nitrogens with one attached hydrogen (secondary N) is 1. The average Bonchev–Trinajstić information content (AvgIpc) is 2.86. The van der Waals surface area contributed by atoms with Crippen molar-refractivity contribution >= 4 is 22.5 Å². The van der Waals surface area contributed by atoms with E-state index in [2.05, 4.69) is 15.5 Å². The number of aliphatic hydroxyl groups is 1. The molecule has 1 aromatic rings. The maximum atomic E-state index is 12.7. The van der Waals surface area contributed by atoms with Crippen LogP contribution in [0.1, 0.15) is 31.2 Å². The van der Waals surface area contributed by atoms with E-state index in [-0.39, 0.29) is 13.1 Å². The molecule has 124 valence electrons. The topological polar surface area (TPSA) is 78.4 Å². The van der Waals surface area contributed by atoms with E-state index in [0.717, 1.165) is 17.8 Å². The number of nitrogens with zero attached hydrogens (tertiary/aromatic N) is 3. The van der Waals surface area contributed by atoms with Crippen LogP contribution in [0.4, 0.5) is 23.1 Å².